The van der Waals surface area contributed by atoms with Gasteiger partial charge in [0.15, 0.2) is 0 Å². The SMILES string of the molecule is CO[C@H]1C[C@H](n2c(C3CCOC(=O)N3c3ccc(Cl)c(F)c3)nc3cc(-c4c(C)noc4C)ccc32)C1. The number of carbonyl (C=O) groups excluding carboxylic acids is 1. The Balaban J connectivity index is 1.50. The number of methoxy groups -OCH3 is 1. The number of anilines is 1. The van der Waals surface area contributed by atoms with E-state index >= 15 is 0 Å². The number of aryl methyl sites for hydroxylation is 2. The number of cyclic esters (lactones) is 1. The van der Waals surface area contributed by atoms with Gasteiger partial charge in [-0.05, 0) is 62.6 Å². The zero-order chi connectivity index (χ0) is 25.8. The Bertz CT molecular complexity index is 1490. The minimum absolute atomic E-state index is 0.00940. The van der Waals surface area contributed by atoms with E-state index in [9.17, 15) is 9.18 Å². The number of carbonyl (C=O) groups is 1. The van der Waals surface area contributed by atoms with E-state index in [2.05, 4.69) is 15.8 Å². The zero-order valence-electron chi connectivity index (χ0n) is 20.7. The van der Waals surface area contributed by atoms with Crippen molar-refractivity contribution in [1.82, 2.24) is 14.7 Å². The third kappa shape index (κ3) is 3.97. The second kappa shape index (κ2) is 9.15. The van der Waals surface area contributed by atoms with Crippen LogP contribution < -0.4 is 4.90 Å². The summed E-state index contributed by atoms with van der Waals surface area (Å²) >= 11 is 5.91. The highest BCUT2D eigenvalue weighted by Gasteiger charge is 2.40. The second-order valence-corrected chi connectivity index (χ2v) is 10.0. The van der Waals surface area contributed by atoms with Crippen LogP contribution in [0.25, 0.3) is 22.2 Å². The molecular weight excluding hydrogens is 499 g/mol. The summed E-state index contributed by atoms with van der Waals surface area (Å²) in [6.07, 6.45) is 1.82. The van der Waals surface area contributed by atoms with Crippen molar-refractivity contribution < 1.29 is 23.2 Å². The molecule has 192 valence electrons. The Labute approximate surface area is 217 Å². The lowest BCUT2D eigenvalue weighted by Gasteiger charge is -2.39. The maximum atomic E-state index is 14.4. The first-order valence-electron chi connectivity index (χ1n) is 12.2. The molecule has 4 aromatic rings. The Morgan fingerprint density at radius 3 is 2.68 bits per heavy atom. The van der Waals surface area contributed by atoms with Gasteiger partial charge in [0.05, 0.1) is 40.1 Å². The normalized spacial score (nSPS) is 21.8. The summed E-state index contributed by atoms with van der Waals surface area (Å²) in [5, 5.41) is 4.08. The first kappa shape index (κ1) is 23.9. The molecule has 10 heteroatoms. The van der Waals surface area contributed by atoms with Gasteiger partial charge in [-0.2, -0.15) is 0 Å². The number of rotatable bonds is 5. The Morgan fingerprint density at radius 2 is 1.97 bits per heavy atom. The molecule has 6 rings (SSSR count). The predicted molar refractivity (Wildman–Crippen MR) is 136 cm³/mol. The number of benzene rings is 2. The number of halogens is 2. The minimum Gasteiger partial charge on any atom is -0.449 e. The number of imidazole rings is 1. The van der Waals surface area contributed by atoms with Crippen molar-refractivity contribution in [3.8, 4) is 11.1 Å². The standard InChI is InChI=1S/C27H26ClFN4O4/c1-14-25(15(2)37-31-14)16-4-7-23-22(10-16)30-26(32(23)18-11-19(12-18)35-3)24-8-9-36-27(34)33(24)17-5-6-20(28)21(29)13-17/h4-7,10,13,18-19,24H,8-9,11-12H2,1-3H3/t18-,19-,24?. The van der Waals surface area contributed by atoms with Crippen LogP contribution in [0.4, 0.5) is 14.9 Å². The van der Waals surface area contributed by atoms with Crippen LogP contribution in [-0.2, 0) is 9.47 Å². The number of ether oxygens (including phenoxy) is 2. The van der Waals surface area contributed by atoms with E-state index in [4.69, 9.17) is 30.6 Å². The zero-order valence-corrected chi connectivity index (χ0v) is 21.5. The number of hydrogen-bond acceptors (Lipinski definition) is 6. The molecule has 0 bridgehead atoms. The highest BCUT2D eigenvalue weighted by atomic mass is 35.5. The summed E-state index contributed by atoms with van der Waals surface area (Å²) in [7, 11) is 1.72. The molecule has 0 N–H and O–H groups in total. The minimum atomic E-state index is -0.601. The van der Waals surface area contributed by atoms with Gasteiger partial charge in [0.25, 0.3) is 0 Å². The molecule has 1 unspecified atom stereocenters. The van der Waals surface area contributed by atoms with Gasteiger partial charge in [0.2, 0.25) is 0 Å². The molecule has 1 amide bonds. The van der Waals surface area contributed by atoms with E-state index in [1.165, 1.54) is 17.0 Å². The summed E-state index contributed by atoms with van der Waals surface area (Å²) in [6, 6.07) is 10.2. The van der Waals surface area contributed by atoms with E-state index in [-0.39, 0.29) is 23.8 Å². The quantitative estimate of drug-likeness (QED) is 0.295. The molecule has 1 atom stereocenters. The molecule has 0 spiro atoms. The number of amides is 1. The predicted octanol–water partition coefficient (Wildman–Crippen LogP) is 6.54. The van der Waals surface area contributed by atoms with E-state index in [0.29, 0.717) is 12.1 Å². The van der Waals surface area contributed by atoms with E-state index in [1.807, 2.05) is 26.0 Å². The summed E-state index contributed by atoms with van der Waals surface area (Å²) < 4.78 is 32.9. The van der Waals surface area contributed by atoms with Gasteiger partial charge in [0, 0.05) is 25.1 Å². The van der Waals surface area contributed by atoms with Gasteiger partial charge in [-0.15, -0.1) is 0 Å². The van der Waals surface area contributed by atoms with Crippen LogP contribution in [0.15, 0.2) is 40.9 Å². The fourth-order valence-corrected chi connectivity index (χ4v) is 5.59. The monoisotopic (exact) mass is 524 g/mol. The molecular formula is C27H26ClFN4O4. The lowest BCUT2D eigenvalue weighted by atomic mass is 9.88. The molecule has 8 nitrogen and oxygen atoms in total. The fourth-order valence-electron chi connectivity index (χ4n) is 5.48. The summed E-state index contributed by atoms with van der Waals surface area (Å²) in [4.78, 5) is 19.6. The molecule has 1 aliphatic carbocycles. The van der Waals surface area contributed by atoms with Crippen LogP contribution in [0, 0.1) is 19.7 Å². The molecule has 2 aromatic carbocycles. The first-order valence-corrected chi connectivity index (χ1v) is 12.6. The molecule has 37 heavy (non-hydrogen) atoms. The Kier molecular flexibility index (Phi) is 5.92. The number of hydrogen-bond donors (Lipinski definition) is 0. The average molecular weight is 525 g/mol. The van der Waals surface area contributed by atoms with Gasteiger partial charge < -0.3 is 18.6 Å². The van der Waals surface area contributed by atoms with Crippen molar-refractivity contribution in [1.29, 1.82) is 0 Å². The number of nitrogens with zero attached hydrogens (tertiary/aromatic N) is 4. The third-order valence-corrected chi connectivity index (χ3v) is 7.72. The highest BCUT2D eigenvalue weighted by Crippen LogP contribution is 2.43. The molecule has 3 heterocycles. The van der Waals surface area contributed by atoms with Crippen LogP contribution in [0.2, 0.25) is 5.02 Å². The summed E-state index contributed by atoms with van der Waals surface area (Å²) in [5.74, 6) is 0.873. The van der Waals surface area contributed by atoms with E-state index in [0.717, 1.165) is 52.3 Å². The second-order valence-electron chi connectivity index (χ2n) is 9.61. The molecule has 1 aliphatic heterocycles. The Morgan fingerprint density at radius 1 is 1.16 bits per heavy atom. The molecule has 2 fully saturated rings. The maximum Gasteiger partial charge on any atom is 0.414 e. The van der Waals surface area contributed by atoms with E-state index < -0.39 is 18.0 Å². The van der Waals surface area contributed by atoms with E-state index in [1.54, 1.807) is 13.2 Å². The highest BCUT2D eigenvalue weighted by molar-refractivity contribution is 6.30. The van der Waals surface area contributed by atoms with Crippen LogP contribution >= 0.6 is 11.6 Å². The molecule has 1 saturated heterocycles. The lowest BCUT2D eigenvalue weighted by Crippen LogP contribution is -2.43. The third-order valence-electron chi connectivity index (χ3n) is 7.41. The van der Waals surface area contributed by atoms with Gasteiger partial charge in [0.1, 0.15) is 23.4 Å². The molecule has 0 radical (unpaired) electrons. The van der Waals surface area contributed by atoms with Gasteiger partial charge >= 0.3 is 6.09 Å². The average Bonchev–Trinajstić information content (AvgIpc) is 3.39. The maximum absolute atomic E-state index is 14.4. The smallest absolute Gasteiger partial charge is 0.414 e. The van der Waals surface area contributed by atoms with Crippen LogP contribution in [-0.4, -0.2) is 40.6 Å². The molecule has 2 aliphatic rings. The number of aromatic nitrogens is 3. The fraction of sp³-hybridized carbons (Fsp3) is 0.370. The number of fused-ring (bicyclic) bond motifs is 1. The van der Waals surface area contributed by atoms with Crippen molar-refractivity contribution in [2.45, 2.75) is 51.3 Å². The largest absolute Gasteiger partial charge is 0.449 e. The van der Waals surface area contributed by atoms with Crippen molar-refractivity contribution in [2.75, 3.05) is 18.6 Å². The van der Waals surface area contributed by atoms with Crippen molar-refractivity contribution in [3.05, 3.63) is 64.5 Å². The topological polar surface area (TPSA) is 82.6 Å². The van der Waals surface area contributed by atoms with Crippen LogP contribution in [0.3, 0.4) is 0 Å². The van der Waals surface area contributed by atoms with Crippen molar-refractivity contribution in [2.24, 2.45) is 0 Å². The van der Waals surface area contributed by atoms with Gasteiger partial charge in [-0.25, -0.2) is 14.2 Å². The van der Waals surface area contributed by atoms with Gasteiger partial charge in [-0.1, -0.05) is 22.8 Å². The summed E-state index contributed by atoms with van der Waals surface area (Å²) in [6.45, 7) is 4.05. The summed E-state index contributed by atoms with van der Waals surface area (Å²) in [5.41, 5.74) is 4.85. The van der Waals surface area contributed by atoms with Crippen LogP contribution in [0.1, 0.15) is 48.6 Å². The lowest BCUT2D eigenvalue weighted by molar-refractivity contribution is 0.00598. The van der Waals surface area contributed by atoms with Crippen molar-refractivity contribution in [3.63, 3.8) is 0 Å². The molecule has 2 aromatic heterocycles. The molecule has 1 saturated carbocycles. The Hall–Kier alpha value is -3.43. The van der Waals surface area contributed by atoms with Crippen molar-refractivity contribution >= 4 is 34.4 Å². The van der Waals surface area contributed by atoms with Gasteiger partial charge in [-0.3, -0.25) is 4.90 Å². The van der Waals surface area contributed by atoms with Crippen LogP contribution in [0.5, 0.6) is 0 Å². The first-order chi connectivity index (χ1) is 17.9.